The van der Waals surface area contributed by atoms with Crippen LogP contribution in [-0.2, 0) is 8.85 Å². The van der Waals surface area contributed by atoms with Crippen LogP contribution in [0.1, 0.15) is 33.6 Å². The van der Waals surface area contributed by atoms with Crippen molar-refractivity contribution in [3.8, 4) is 0 Å². The number of rotatable bonds is 8. The molecule has 0 aliphatic carbocycles. The lowest BCUT2D eigenvalue weighted by atomic mass is 10.2. The van der Waals surface area contributed by atoms with E-state index in [9.17, 15) is 0 Å². The fourth-order valence-electron chi connectivity index (χ4n) is 1.43. The van der Waals surface area contributed by atoms with Gasteiger partial charge in [-0.2, -0.15) is 0 Å². The predicted octanol–water partition coefficient (Wildman–Crippen LogP) is 0.864. The summed E-state index contributed by atoms with van der Waals surface area (Å²) in [6.07, 6.45) is 0.373. The third-order valence-electron chi connectivity index (χ3n) is 2.49. The van der Waals surface area contributed by atoms with E-state index in [1.807, 2.05) is 27.3 Å². The molecule has 0 aromatic carbocycles. The molecule has 0 aliphatic rings. The SMILES string of the molecule is CCO[Si](C)(CCC(N)O)OC(C)(N)CC. The van der Waals surface area contributed by atoms with Gasteiger partial charge in [-0.05, 0) is 39.3 Å². The summed E-state index contributed by atoms with van der Waals surface area (Å²) in [6, 6.07) is 0.644. The van der Waals surface area contributed by atoms with Gasteiger partial charge in [0.25, 0.3) is 0 Å². The third kappa shape index (κ3) is 6.57. The van der Waals surface area contributed by atoms with Crippen LogP contribution in [0, 0.1) is 0 Å². The van der Waals surface area contributed by atoms with Gasteiger partial charge in [0.2, 0.25) is 0 Å². The van der Waals surface area contributed by atoms with E-state index in [1.54, 1.807) is 0 Å². The molecule has 0 aliphatic heterocycles. The van der Waals surface area contributed by atoms with Gasteiger partial charge in [0.1, 0.15) is 12.0 Å². The maximum atomic E-state index is 9.10. The van der Waals surface area contributed by atoms with Crippen molar-refractivity contribution in [3.05, 3.63) is 0 Å². The molecule has 0 amide bonds. The number of nitrogens with two attached hydrogens (primary N) is 2. The van der Waals surface area contributed by atoms with Crippen LogP contribution in [0.5, 0.6) is 0 Å². The normalized spacial score (nSPS) is 21.2. The van der Waals surface area contributed by atoms with Crippen LogP contribution in [-0.4, -0.2) is 32.2 Å². The first-order chi connectivity index (χ1) is 7.24. The van der Waals surface area contributed by atoms with E-state index >= 15 is 0 Å². The second-order valence-electron chi connectivity index (χ2n) is 4.44. The van der Waals surface area contributed by atoms with Crippen LogP contribution in [0.4, 0.5) is 0 Å². The fourth-order valence-corrected chi connectivity index (χ4v) is 4.30. The highest BCUT2D eigenvalue weighted by Crippen LogP contribution is 2.22. The summed E-state index contributed by atoms with van der Waals surface area (Å²) >= 11 is 0. The van der Waals surface area contributed by atoms with Crippen molar-refractivity contribution >= 4 is 8.56 Å². The molecule has 0 radical (unpaired) electrons. The monoisotopic (exact) mass is 250 g/mol. The van der Waals surface area contributed by atoms with Gasteiger partial charge in [-0.25, -0.2) is 0 Å². The molecule has 0 spiro atoms. The van der Waals surface area contributed by atoms with Crippen molar-refractivity contribution in [1.82, 2.24) is 0 Å². The Labute approximate surface area is 99.4 Å². The largest absolute Gasteiger partial charge is 0.395 e. The first-order valence-electron chi connectivity index (χ1n) is 5.81. The third-order valence-corrected chi connectivity index (χ3v) is 5.49. The van der Waals surface area contributed by atoms with Crippen molar-refractivity contribution in [2.45, 2.75) is 58.2 Å². The molecular weight excluding hydrogens is 224 g/mol. The van der Waals surface area contributed by atoms with Gasteiger partial charge in [0.05, 0.1) is 0 Å². The molecule has 5 nitrogen and oxygen atoms in total. The van der Waals surface area contributed by atoms with Gasteiger partial charge in [-0.15, -0.1) is 0 Å². The zero-order valence-electron chi connectivity index (χ0n) is 10.8. The van der Waals surface area contributed by atoms with Crippen molar-refractivity contribution in [2.24, 2.45) is 11.5 Å². The molecule has 0 saturated heterocycles. The minimum absolute atomic E-state index is 0.475. The van der Waals surface area contributed by atoms with E-state index in [1.165, 1.54) is 0 Å². The predicted molar refractivity (Wildman–Crippen MR) is 66.8 cm³/mol. The molecule has 6 heteroatoms. The molecule has 0 fully saturated rings. The quantitative estimate of drug-likeness (QED) is 0.439. The van der Waals surface area contributed by atoms with Gasteiger partial charge in [-0.3, -0.25) is 0 Å². The van der Waals surface area contributed by atoms with Crippen LogP contribution < -0.4 is 11.5 Å². The van der Waals surface area contributed by atoms with Crippen LogP contribution in [0.3, 0.4) is 0 Å². The molecule has 0 heterocycles. The van der Waals surface area contributed by atoms with Crippen molar-refractivity contribution < 1.29 is 14.0 Å². The lowest BCUT2D eigenvalue weighted by Gasteiger charge is -2.35. The van der Waals surface area contributed by atoms with Crippen LogP contribution in [0.25, 0.3) is 0 Å². The minimum atomic E-state index is -2.33. The number of hydrogen-bond donors (Lipinski definition) is 3. The molecule has 0 rings (SSSR count). The Kier molecular flexibility index (Phi) is 6.69. The lowest BCUT2D eigenvalue weighted by molar-refractivity contribution is 0.0374. The zero-order valence-corrected chi connectivity index (χ0v) is 11.8. The smallest absolute Gasteiger partial charge is 0.336 e. The molecule has 0 saturated carbocycles. The summed E-state index contributed by atoms with van der Waals surface area (Å²) < 4.78 is 11.6. The zero-order chi connectivity index (χ0) is 12.8. The lowest BCUT2D eigenvalue weighted by Crippen LogP contribution is -2.52. The van der Waals surface area contributed by atoms with Crippen molar-refractivity contribution in [1.29, 1.82) is 0 Å². The van der Waals surface area contributed by atoms with Crippen LogP contribution in [0.15, 0.2) is 0 Å². The Balaban J connectivity index is 4.43. The Morgan fingerprint density at radius 3 is 2.38 bits per heavy atom. The molecule has 3 atom stereocenters. The topological polar surface area (TPSA) is 90.7 Å². The highest BCUT2D eigenvalue weighted by molar-refractivity contribution is 6.66. The van der Waals surface area contributed by atoms with E-state index in [0.717, 1.165) is 0 Å². The number of hydrogen-bond acceptors (Lipinski definition) is 5. The average Bonchev–Trinajstić information content (AvgIpc) is 2.15. The molecule has 0 bridgehead atoms. The fraction of sp³-hybridized carbons (Fsp3) is 1.00. The second-order valence-corrected chi connectivity index (χ2v) is 7.70. The Morgan fingerprint density at radius 1 is 1.44 bits per heavy atom. The highest BCUT2D eigenvalue weighted by Gasteiger charge is 2.37. The summed E-state index contributed by atoms with van der Waals surface area (Å²) in [5, 5.41) is 9.10. The van der Waals surface area contributed by atoms with Gasteiger partial charge < -0.3 is 25.4 Å². The second kappa shape index (κ2) is 6.68. The molecule has 0 aromatic heterocycles. The summed E-state index contributed by atoms with van der Waals surface area (Å²) in [4.78, 5) is 0. The summed E-state index contributed by atoms with van der Waals surface area (Å²) in [7, 11) is -2.33. The van der Waals surface area contributed by atoms with Crippen molar-refractivity contribution in [3.63, 3.8) is 0 Å². The molecule has 3 unspecified atom stereocenters. The maximum absolute atomic E-state index is 9.10. The van der Waals surface area contributed by atoms with E-state index < -0.39 is 20.5 Å². The average molecular weight is 250 g/mol. The van der Waals surface area contributed by atoms with Crippen LogP contribution in [0.2, 0.25) is 12.6 Å². The summed E-state index contributed by atoms with van der Waals surface area (Å²) in [6.45, 7) is 8.28. The molecule has 5 N–H and O–H groups in total. The Hall–Kier alpha value is 0.0169. The van der Waals surface area contributed by atoms with Gasteiger partial charge in [0.15, 0.2) is 0 Å². The van der Waals surface area contributed by atoms with E-state index in [2.05, 4.69) is 0 Å². The van der Waals surface area contributed by atoms with Gasteiger partial charge >= 0.3 is 8.56 Å². The van der Waals surface area contributed by atoms with Crippen LogP contribution >= 0.6 is 0 Å². The first-order valence-corrected chi connectivity index (χ1v) is 8.33. The van der Waals surface area contributed by atoms with Crippen molar-refractivity contribution in [2.75, 3.05) is 6.61 Å². The standard InChI is InChI=1S/C10H26N2O3Si/c1-5-10(3,12)15-16(4,14-6-2)8-7-9(11)13/h9,13H,5-8,11-12H2,1-4H3. The van der Waals surface area contributed by atoms with E-state index in [-0.39, 0.29) is 0 Å². The first kappa shape index (κ1) is 16.0. The van der Waals surface area contributed by atoms with Gasteiger partial charge in [0, 0.05) is 6.61 Å². The Morgan fingerprint density at radius 2 is 2.00 bits per heavy atom. The summed E-state index contributed by atoms with van der Waals surface area (Å²) in [5.74, 6) is 0. The van der Waals surface area contributed by atoms with Gasteiger partial charge in [-0.1, -0.05) is 6.92 Å². The summed E-state index contributed by atoms with van der Waals surface area (Å²) in [5.41, 5.74) is 10.6. The molecule has 16 heavy (non-hydrogen) atoms. The number of aliphatic hydroxyl groups excluding tert-OH is 1. The minimum Gasteiger partial charge on any atom is -0.395 e. The molecular formula is C10H26N2O3Si. The molecule has 98 valence electrons. The maximum Gasteiger partial charge on any atom is 0.336 e. The van der Waals surface area contributed by atoms with E-state index in [0.29, 0.717) is 25.5 Å². The number of aliphatic hydroxyl groups is 1. The van der Waals surface area contributed by atoms with E-state index in [4.69, 9.17) is 25.4 Å². The Bertz CT molecular complexity index is 203. The molecule has 0 aromatic rings. The highest BCUT2D eigenvalue weighted by atomic mass is 28.4.